The summed E-state index contributed by atoms with van der Waals surface area (Å²) in [6.07, 6.45) is 2.74. The van der Waals surface area contributed by atoms with E-state index < -0.39 is 0 Å². The van der Waals surface area contributed by atoms with Gasteiger partial charge in [-0.2, -0.15) is 0 Å². The van der Waals surface area contributed by atoms with Gasteiger partial charge in [0.2, 0.25) is 0 Å². The van der Waals surface area contributed by atoms with Gasteiger partial charge in [-0.05, 0) is 19.9 Å². The molecule has 1 fully saturated rings. The highest BCUT2D eigenvalue weighted by molar-refractivity contribution is 4.79. The summed E-state index contributed by atoms with van der Waals surface area (Å²) in [6, 6.07) is 0.838. The summed E-state index contributed by atoms with van der Waals surface area (Å²) in [5.74, 6) is 0. The van der Waals surface area contributed by atoms with E-state index in [2.05, 4.69) is 17.5 Å². The van der Waals surface area contributed by atoms with Crippen LogP contribution in [-0.4, -0.2) is 25.1 Å². The SMILES string of the molecule is CNN(C)C1CC1. The maximum absolute atomic E-state index is 3.06. The predicted octanol–water partition coefficient (Wildman–Crippen LogP) is 0.215. The number of hydrazine groups is 1. The zero-order chi connectivity index (χ0) is 5.28. The van der Waals surface area contributed by atoms with E-state index >= 15 is 0 Å². The first kappa shape index (κ1) is 5.06. The zero-order valence-corrected chi connectivity index (χ0v) is 4.94. The van der Waals surface area contributed by atoms with E-state index in [4.69, 9.17) is 0 Å². The molecule has 1 saturated carbocycles. The molecule has 0 heterocycles. The van der Waals surface area contributed by atoms with Crippen molar-refractivity contribution in [1.82, 2.24) is 10.4 Å². The molecule has 0 aliphatic heterocycles. The Balaban J connectivity index is 2.10. The minimum Gasteiger partial charge on any atom is -0.258 e. The van der Waals surface area contributed by atoms with E-state index in [1.54, 1.807) is 0 Å². The first-order valence-corrected chi connectivity index (χ1v) is 2.75. The van der Waals surface area contributed by atoms with Gasteiger partial charge in [0.05, 0.1) is 0 Å². The molecule has 0 aromatic carbocycles. The number of nitrogens with one attached hydrogen (secondary N) is 1. The van der Waals surface area contributed by atoms with Crippen molar-refractivity contribution in [3.63, 3.8) is 0 Å². The summed E-state index contributed by atoms with van der Waals surface area (Å²) >= 11 is 0. The highest BCUT2D eigenvalue weighted by Gasteiger charge is 2.24. The van der Waals surface area contributed by atoms with Gasteiger partial charge in [-0.25, -0.2) is 5.01 Å². The summed E-state index contributed by atoms with van der Waals surface area (Å²) < 4.78 is 0. The van der Waals surface area contributed by atoms with Crippen LogP contribution in [0.2, 0.25) is 0 Å². The quantitative estimate of drug-likeness (QED) is 0.499. The van der Waals surface area contributed by atoms with Crippen LogP contribution >= 0.6 is 0 Å². The molecule has 0 atom stereocenters. The molecule has 0 bridgehead atoms. The maximum atomic E-state index is 3.06. The standard InChI is InChI=1S/C5H12N2/c1-6-7(2)5-3-4-5/h5-6H,3-4H2,1-2H3. The van der Waals surface area contributed by atoms with Crippen molar-refractivity contribution < 1.29 is 0 Å². The normalized spacial score (nSPS) is 21.0. The lowest BCUT2D eigenvalue weighted by molar-refractivity contribution is 0.250. The third-order valence-electron chi connectivity index (χ3n) is 1.45. The Morgan fingerprint density at radius 3 is 2.29 bits per heavy atom. The van der Waals surface area contributed by atoms with Gasteiger partial charge >= 0.3 is 0 Å². The largest absolute Gasteiger partial charge is 0.258 e. The number of hydrogen-bond donors (Lipinski definition) is 1. The van der Waals surface area contributed by atoms with Crippen LogP contribution in [0.3, 0.4) is 0 Å². The summed E-state index contributed by atoms with van der Waals surface area (Å²) in [4.78, 5) is 0. The van der Waals surface area contributed by atoms with Gasteiger partial charge in [-0.15, -0.1) is 0 Å². The Labute approximate surface area is 44.5 Å². The molecule has 1 aliphatic carbocycles. The number of hydrogen-bond acceptors (Lipinski definition) is 2. The maximum Gasteiger partial charge on any atom is 0.0241 e. The summed E-state index contributed by atoms with van der Waals surface area (Å²) in [7, 11) is 4.04. The van der Waals surface area contributed by atoms with Crippen LogP contribution in [0.25, 0.3) is 0 Å². The van der Waals surface area contributed by atoms with Crippen LogP contribution in [0.5, 0.6) is 0 Å². The summed E-state index contributed by atoms with van der Waals surface area (Å²) in [5, 5.41) is 2.15. The molecule has 1 rings (SSSR count). The highest BCUT2D eigenvalue weighted by atomic mass is 15.5. The number of rotatable bonds is 2. The Morgan fingerprint density at radius 2 is 2.14 bits per heavy atom. The predicted molar refractivity (Wildman–Crippen MR) is 29.8 cm³/mol. The zero-order valence-electron chi connectivity index (χ0n) is 4.94. The van der Waals surface area contributed by atoms with Crippen LogP contribution in [0, 0.1) is 0 Å². The van der Waals surface area contributed by atoms with Crippen LogP contribution < -0.4 is 5.43 Å². The molecule has 0 spiro atoms. The van der Waals surface area contributed by atoms with Gasteiger partial charge in [0.25, 0.3) is 0 Å². The molecule has 2 heteroatoms. The van der Waals surface area contributed by atoms with Crippen molar-refractivity contribution in [2.75, 3.05) is 14.1 Å². The van der Waals surface area contributed by atoms with Gasteiger partial charge < -0.3 is 0 Å². The van der Waals surface area contributed by atoms with Gasteiger partial charge in [0, 0.05) is 13.1 Å². The van der Waals surface area contributed by atoms with Crippen LogP contribution in [-0.2, 0) is 0 Å². The third kappa shape index (κ3) is 1.14. The highest BCUT2D eigenvalue weighted by Crippen LogP contribution is 2.23. The van der Waals surface area contributed by atoms with E-state index in [0.29, 0.717) is 0 Å². The van der Waals surface area contributed by atoms with E-state index in [-0.39, 0.29) is 0 Å². The molecule has 0 aromatic heterocycles. The summed E-state index contributed by atoms with van der Waals surface area (Å²) in [6.45, 7) is 0. The Bertz CT molecular complexity index is 59.1. The average Bonchev–Trinajstić information content (AvgIpc) is 2.44. The number of nitrogens with zero attached hydrogens (tertiary/aromatic N) is 1. The molecule has 0 aromatic rings. The second kappa shape index (κ2) is 1.80. The van der Waals surface area contributed by atoms with Crippen molar-refractivity contribution in [2.24, 2.45) is 0 Å². The van der Waals surface area contributed by atoms with E-state index in [0.717, 1.165) is 6.04 Å². The van der Waals surface area contributed by atoms with Gasteiger partial charge in [-0.1, -0.05) is 0 Å². The van der Waals surface area contributed by atoms with Crippen LogP contribution in [0.1, 0.15) is 12.8 Å². The third-order valence-corrected chi connectivity index (χ3v) is 1.45. The molecule has 2 nitrogen and oxygen atoms in total. The summed E-state index contributed by atoms with van der Waals surface area (Å²) in [5.41, 5.74) is 3.06. The first-order chi connectivity index (χ1) is 3.34. The van der Waals surface area contributed by atoms with Crippen molar-refractivity contribution in [3.05, 3.63) is 0 Å². The van der Waals surface area contributed by atoms with Gasteiger partial charge in [0.15, 0.2) is 0 Å². The fourth-order valence-corrected chi connectivity index (χ4v) is 0.644. The molecule has 0 radical (unpaired) electrons. The molecule has 7 heavy (non-hydrogen) atoms. The van der Waals surface area contributed by atoms with Crippen molar-refractivity contribution in [1.29, 1.82) is 0 Å². The molecule has 42 valence electrons. The van der Waals surface area contributed by atoms with Gasteiger partial charge in [-0.3, -0.25) is 5.43 Å². The second-order valence-corrected chi connectivity index (χ2v) is 2.07. The van der Waals surface area contributed by atoms with Gasteiger partial charge in [0.1, 0.15) is 0 Å². The fraction of sp³-hybridized carbons (Fsp3) is 1.00. The average molecular weight is 100 g/mol. The second-order valence-electron chi connectivity index (χ2n) is 2.07. The lowest BCUT2D eigenvalue weighted by atomic mass is 10.7. The van der Waals surface area contributed by atoms with Crippen molar-refractivity contribution in [2.45, 2.75) is 18.9 Å². The molecule has 1 aliphatic rings. The Morgan fingerprint density at radius 1 is 1.57 bits per heavy atom. The van der Waals surface area contributed by atoms with E-state index in [9.17, 15) is 0 Å². The topological polar surface area (TPSA) is 15.3 Å². The first-order valence-electron chi connectivity index (χ1n) is 2.75. The molecule has 0 saturated heterocycles. The minimum absolute atomic E-state index is 0.838. The lowest BCUT2D eigenvalue weighted by Crippen LogP contribution is -2.32. The molecule has 0 amide bonds. The van der Waals surface area contributed by atoms with Crippen molar-refractivity contribution >= 4 is 0 Å². The fourth-order valence-electron chi connectivity index (χ4n) is 0.644. The minimum atomic E-state index is 0.838. The molecule has 1 N–H and O–H groups in total. The molecular formula is C5H12N2. The monoisotopic (exact) mass is 100 g/mol. The van der Waals surface area contributed by atoms with Crippen molar-refractivity contribution in [3.8, 4) is 0 Å². The smallest absolute Gasteiger partial charge is 0.0241 e. The Kier molecular flexibility index (Phi) is 1.30. The lowest BCUT2D eigenvalue weighted by Gasteiger charge is -2.11. The van der Waals surface area contributed by atoms with Crippen LogP contribution in [0.4, 0.5) is 0 Å². The molecule has 0 unspecified atom stereocenters. The van der Waals surface area contributed by atoms with E-state index in [1.165, 1.54) is 12.8 Å². The van der Waals surface area contributed by atoms with Crippen LogP contribution in [0.15, 0.2) is 0 Å². The molecular weight excluding hydrogens is 88.1 g/mol. The Hall–Kier alpha value is -0.0800. The van der Waals surface area contributed by atoms with E-state index in [1.807, 2.05) is 7.05 Å².